The molecule has 0 aromatic heterocycles. The standard InChI is InChI=1S/C18H18N2O5/c21-13(19-12-5-3-9(4-6-12)18(24)25)8-20-16(22)14-10-1-2-11(7-10)15(14)17(20)23/h3-6,10-11,14-15H,1-2,7-8H2,(H,19,21)(H,24,25)/p-1/t10-,11+,14-,15-/m0/s1. The van der Waals surface area contributed by atoms with Crippen molar-refractivity contribution in [2.24, 2.45) is 23.7 Å². The second-order valence-electron chi connectivity index (χ2n) is 7.06. The third-order valence-corrected chi connectivity index (χ3v) is 5.72. The highest BCUT2D eigenvalue weighted by atomic mass is 16.4. The Morgan fingerprint density at radius 2 is 1.60 bits per heavy atom. The van der Waals surface area contributed by atoms with E-state index in [0.717, 1.165) is 24.2 Å². The quantitative estimate of drug-likeness (QED) is 0.777. The highest BCUT2D eigenvalue weighted by molar-refractivity contribution is 6.09. The van der Waals surface area contributed by atoms with Crippen molar-refractivity contribution < 1.29 is 24.3 Å². The van der Waals surface area contributed by atoms with E-state index in [0.29, 0.717) is 5.69 Å². The summed E-state index contributed by atoms with van der Waals surface area (Å²) >= 11 is 0. The number of aromatic carboxylic acids is 1. The van der Waals surface area contributed by atoms with Crippen LogP contribution in [0, 0.1) is 23.7 Å². The molecular formula is C18H17N2O5-. The van der Waals surface area contributed by atoms with E-state index in [1.165, 1.54) is 24.3 Å². The van der Waals surface area contributed by atoms with Gasteiger partial charge in [-0.1, -0.05) is 12.1 Å². The number of fused-ring (bicyclic) bond motifs is 5. The molecule has 1 aromatic rings. The molecule has 130 valence electrons. The summed E-state index contributed by atoms with van der Waals surface area (Å²) in [6.07, 6.45) is 2.95. The van der Waals surface area contributed by atoms with Crippen LogP contribution in [0.5, 0.6) is 0 Å². The fourth-order valence-corrected chi connectivity index (χ4v) is 4.66. The number of carboxylic acid groups (broad SMARTS) is 1. The first-order chi connectivity index (χ1) is 12.0. The van der Waals surface area contributed by atoms with E-state index in [9.17, 15) is 24.3 Å². The summed E-state index contributed by atoms with van der Waals surface area (Å²) < 4.78 is 0. The molecule has 2 bridgehead atoms. The van der Waals surface area contributed by atoms with Crippen LogP contribution in [0.3, 0.4) is 0 Å². The molecule has 0 unspecified atom stereocenters. The number of amides is 3. The highest BCUT2D eigenvalue weighted by Gasteiger charge is 2.60. The zero-order valence-electron chi connectivity index (χ0n) is 13.4. The van der Waals surface area contributed by atoms with Gasteiger partial charge in [-0.05, 0) is 48.8 Å². The molecule has 1 saturated heterocycles. The van der Waals surface area contributed by atoms with Gasteiger partial charge in [-0.25, -0.2) is 0 Å². The minimum absolute atomic E-state index is 0.00574. The molecule has 1 aromatic carbocycles. The molecule has 4 atom stereocenters. The first-order valence-electron chi connectivity index (χ1n) is 8.42. The molecule has 4 rings (SSSR count). The van der Waals surface area contributed by atoms with Gasteiger partial charge in [0.2, 0.25) is 17.7 Å². The van der Waals surface area contributed by atoms with Crippen molar-refractivity contribution in [2.75, 3.05) is 11.9 Å². The number of anilines is 1. The number of hydrogen-bond acceptors (Lipinski definition) is 5. The Labute approximate surface area is 144 Å². The lowest BCUT2D eigenvalue weighted by atomic mass is 9.81. The lowest BCUT2D eigenvalue weighted by molar-refractivity contribution is -0.255. The average molecular weight is 341 g/mol. The van der Waals surface area contributed by atoms with Gasteiger partial charge < -0.3 is 15.2 Å². The van der Waals surface area contributed by atoms with Gasteiger partial charge in [0.05, 0.1) is 17.8 Å². The molecule has 2 saturated carbocycles. The van der Waals surface area contributed by atoms with Gasteiger partial charge in [-0.15, -0.1) is 0 Å². The van der Waals surface area contributed by atoms with Gasteiger partial charge in [-0.2, -0.15) is 0 Å². The topological polar surface area (TPSA) is 107 Å². The summed E-state index contributed by atoms with van der Waals surface area (Å²) in [4.78, 5) is 49.1. The Bertz CT molecular complexity index is 744. The average Bonchev–Trinajstić information content (AvgIpc) is 3.25. The van der Waals surface area contributed by atoms with Crippen LogP contribution in [0.2, 0.25) is 0 Å². The van der Waals surface area contributed by atoms with E-state index < -0.39 is 11.9 Å². The van der Waals surface area contributed by atoms with Gasteiger partial charge in [-0.3, -0.25) is 19.3 Å². The van der Waals surface area contributed by atoms with Gasteiger partial charge >= 0.3 is 0 Å². The van der Waals surface area contributed by atoms with Crippen LogP contribution in [0.1, 0.15) is 29.6 Å². The Morgan fingerprint density at radius 1 is 1.04 bits per heavy atom. The van der Waals surface area contributed by atoms with Crippen LogP contribution < -0.4 is 10.4 Å². The third-order valence-electron chi connectivity index (χ3n) is 5.72. The minimum atomic E-state index is -1.30. The second-order valence-corrected chi connectivity index (χ2v) is 7.06. The smallest absolute Gasteiger partial charge is 0.244 e. The summed E-state index contributed by atoms with van der Waals surface area (Å²) in [5, 5.41) is 13.3. The van der Waals surface area contributed by atoms with Crippen molar-refractivity contribution in [1.82, 2.24) is 4.90 Å². The zero-order valence-corrected chi connectivity index (χ0v) is 13.4. The predicted octanol–water partition coefficient (Wildman–Crippen LogP) is 0.0197. The molecule has 3 amide bonds. The number of rotatable bonds is 4. The Hall–Kier alpha value is -2.70. The monoisotopic (exact) mass is 341 g/mol. The van der Waals surface area contributed by atoms with Gasteiger partial charge in [0.25, 0.3) is 0 Å². The number of likely N-dealkylation sites (tertiary alicyclic amines) is 1. The van der Waals surface area contributed by atoms with Crippen LogP contribution in [-0.4, -0.2) is 35.1 Å². The lowest BCUT2D eigenvalue weighted by Gasteiger charge is -2.19. The molecule has 2 aliphatic carbocycles. The molecule has 3 aliphatic rings. The van der Waals surface area contributed by atoms with Crippen molar-refractivity contribution in [2.45, 2.75) is 19.3 Å². The number of imide groups is 1. The molecule has 1 aliphatic heterocycles. The number of carboxylic acids is 1. The predicted molar refractivity (Wildman–Crippen MR) is 83.9 cm³/mol. The molecule has 7 heteroatoms. The Morgan fingerprint density at radius 3 is 2.12 bits per heavy atom. The summed E-state index contributed by atoms with van der Waals surface area (Å²) in [5.41, 5.74) is 0.403. The SMILES string of the molecule is O=C(CN1C(=O)[C@H]2[C@@H]3CC[C@@H](C3)[C@@H]2C1=O)Nc1ccc(C(=O)[O-])cc1. The fourth-order valence-electron chi connectivity index (χ4n) is 4.66. The van der Waals surface area contributed by atoms with E-state index in [1.54, 1.807) is 0 Å². The number of carbonyl (C=O) groups excluding carboxylic acids is 4. The maximum absolute atomic E-state index is 12.5. The van der Waals surface area contributed by atoms with Gasteiger partial charge in [0, 0.05) is 5.69 Å². The van der Waals surface area contributed by atoms with Crippen LogP contribution in [0.25, 0.3) is 0 Å². The normalized spacial score (nSPS) is 29.8. The third kappa shape index (κ3) is 2.50. The van der Waals surface area contributed by atoms with E-state index in [1.807, 2.05) is 0 Å². The van der Waals surface area contributed by atoms with Crippen LogP contribution in [-0.2, 0) is 14.4 Å². The molecule has 0 spiro atoms. The first-order valence-corrected chi connectivity index (χ1v) is 8.42. The number of nitrogens with one attached hydrogen (secondary N) is 1. The van der Waals surface area contributed by atoms with E-state index in [4.69, 9.17) is 0 Å². The van der Waals surface area contributed by atoms with E-state index in [-0.39, 0.29) is 47.6 Å². The van der Waals surface area contributed by atoms with Crippen molar-refractivity contribution in [3.8, 4) is 0 Å². The lowest BCUT2D eigenvalue weighted by Crippen LogP contribution is -2.39. The van der Waals surface area contributed by atoms with Crippen molar-refractivity contribution >= 4 is 29.4 Å². The molecule has 25 heavy (non-hydrogen) atoms. The van der Waals surface area contributed by atoms with Gasteiger partial charge in [0.15, 0.2) is 0 Å². The maximum Gasteiger partial charge on any atom is 0.244 e. The van der Waals surface area contributed by atoms with Crippen molar-refractivity contribution in [3.05, 3.63) is 29.8 Å². The van der Waals surface area contributed by atoms with Crippen LogP contribution >= 0.6 is 0 Å². The molecule has 3 fully saturated rings. The first kappa shape index (κ1) is 15.8. The van der Waals surface area contributed by atoms with Crippen LogP contribution in [0.4, 0.5) is 5.69 Å². The number of benzene rings is 1. The highest BCUT2D eigenvalue weighted by Crippen LogP contribution is 2.56. The summed E-state index contributed by atoms with van der Waals surface area (Å²) in [7, 11) is 0. The Kier molecular flexibility index (Phi) is 3.59. The maximum atomic E-state index is 12.5. The number of nitrogens with zero attached hydrogens (tertiary/aromatic N) is 1. The van der Waals surface area contributed by atoms with Crippen molar-refractivity contribution in [1.29, 1.82) is 0 Å². The molecule has 1 N–H and O–H groups in total. The van der Waals surface area contributed by atoms with Crippen LogP contribution in [0.15, 0.2) is 24.3 Å². The molecular weight excluding hydrogens is 324 g/mol. The molecule has 0 radical (unpaired) electrons. The molecule has 7 nitrogen and oxygen atoms in total. The zero-order chi connectivity index (χ0) is 17.7. The van der Waals surface area contributed by atoms with E-state index >= 15 is 0 Å². The van der Waals surface area contributed by atoms with E-state index in [2.05, 4.69) is 5.32 Å². The van der Waals surface area contributed by atoms with Gasteiger partial charge in [0.1, 0.15) is 6.54 Å². The Balaban J connectivity index is 1.42. The largest absolute Gasteiger partial charge is 0.545 e. The van der Waals surface area contributed by atoms with Crippen molar-refractivity contribution in [3.63, 3.8) is 0 Å². The second kappa shape index (κ2) is 5.68. The fraction of sp³-hybridized carbons (Fsp3) is 0.444. The number of hydrogen-bond donors (Lipinski definition) is 1. The summed E-state index contributed by atoms with van der Waals surface area (Å²) in [6, 6.07) is 5.51. The summed E-state index contributed by atoms with van der Waals surface area (Å²) in [5.74, 6) is -2.10. The minimum Gasteiger partial charge on any atom is -0.545 e. The summed E-state index contributed by atoms with van der Waals surface area (Å²) in [6.45, 7) is -0.299. The number of carbonyl (C=O) groups is 4. The molecule has 1 heterocycles.